The first-order chi connectivity index (χ1) is 7.58. The molecule has 4 unspecified atom stereocenters. The highest BCUT2D eigenvalue weighted by molar-refractivity contribution is 4.85. The molecule has 0 aliphatic carbocycles. The Balaban J connectivity index is 2.42. The maximum atomic E-state index is 3.42. The number of likely N-dealkylation sites (tertiary alicyclic amines) is 1. The predicted octanol–water partition coefficient (Wildman–Crippen LogP) is 2.88. The number of hydrogen-bond donors (Lipinski definition) is 1. The highest BCUT2D eigenvalue weighted by Crippen LogP contribution is 2.23. The van der Waals surface area contributed by atoms with Crippen LogP contribution in [0.4, 0.5) is 0 Å². The van der Waals surface area contributed by atoms with E-state index < -0.39 is 0 Å². The van der Waals surface area contributed by atoms with Crippen molar-refractivity contribution in [2.45, 2.75) is 71.5 Å². The Hall–Kier alpha value is -0.0800. The highest BCUT2D eigenvalue weighted by atomic mass is 15.2. The average Bonchev–Trinajstić information content (AvgIpc) is 2.28. The molecule has 0 aromatic carbocycles. The Bertz CT molecular complexity index is 193. The largest absolute Gasteiger partial charge is 0.317 e. The number of nitrogens with one attached hydrogen (secondary N) is 1. The van der Waals surface area contributed by atoms with Crippen LogP contribution in [-0.4, -0.2) is 36.6 Å². The molecule has 1 heterocycles. The zero-order valence-corrected chi connectivity index (χ0v) is 11.8. The lowest BCUT2D eigenvalue weighted by Crippen LogP contribution is -2.50. The molecule has 1 fully saturated rings. The maximum Gasteiger partial charge on any atom is 0.00910 e. The molecule has 1 aliphatic heterocycles. The van der Waals surface area contributed by atoms with E-state index in [0.717, 1.165) is 24.0 Å². The fourth-order valence-corrected chi connectivity index (χ4v) is 2.99. The summed E-state index contributed by atoms with van der Waals surface area (Å²) in [5, 5.41) is 3.42. The third-order valence-corrected chi connectivity index (χ3v) is 4.34. The van der Waals surface area contributed by atoms with Crippen molar-refractivity contribution in [2.24, 2.45) is 5.92 Å². The molecule has 1 N–H and O–H groups in total. The van der Waals surface area contributed by atoms with Gasteiger partial charge in [0, 0.05) is 24.7 Å². The van der Waals surface area contributed by atoms with Gasteiger partial charge in [0.15, 0.2) is 0 Å². The second-order valence-electron chi connectivity index (χ2n) is 5.69. The SMILES string of the molecule is CCC(C)CC(C)N1CCC(NC)CC1C. The Kier molecular flexibility index (Phi) is 5.77. The molecule has 1 aliphatic rings. The molecule has 0 radical (unpaired) electrons. The van der Waals surface area contributed by atoms with Gasteiger partial charge in [-0.25, -0.2) is 0 Å². The minimum absolute atomic E-state index is 0.738. The van der Waals surface area contributed by atoms with Gasteiger partial charge in [0.25, 0.3) is 0 Å². The summed E-state index contributed by atoms with van der Waals surface area (Å²) in [5.41, 5.74) is 0. The van der Waals surface area contributed by atoms with Crippen molar-refractivity contribution in [2.75, 3.05) is 13.6 Å². The van der Waals surface area contributed by atoms with Crippen molar-refractivity contribution in [3.05, 3.63) is 0 Å². The maximum absolute atomic E-state index is 3.42. The van der Waals surface area contributed by atoms with Gasteiger partial charge >= 0.3 is 0 Å². The zero-order chi connectivity index (χ0) is 12.1. The first-order valence-electron chi connectivity index (χ1n) is 7.01. The first kappa shape index (κ1) is 14.0. The van der Waals surface area contributed by atoms with Gasteiger partial charge in [-0.1, -0.05) is 20.3 Å². The van der Waals surface area contributed by atoms with Crippen molar-refractivity contribution in [3.8, 4) is 0 Å². The molecule has 1 saturated heterocycles. The second kappa shape index (κ2) is 6.61. The van der Waals surface area contributed by atoms with Gasteiger partial charge in [-0.3, -0.25) is 4.90 Å². The molecule has 0 spiro atoms. The van der Waals surface area contributed by atoms with Crippen LogP contribution in [0.1, 0.15) is 53.4 Å². The number of rotatable bonds is 5. The van der Waals surface area contributed by atoms with Crippen molar-refractivity contribution in [3.63, 3.8) is 0 Å². The lowest BCUT2D eigenvalue weighted by Gasteiger charge is -2.42. The summed E-state index contributed by atoms with van der Waals surface area (Å²) in [6.45, 7) is 10.7. The molecule has 1 rings (SSSR count). The van der Waals surface area contributed by atoms with Gasteiger partial charge in [-0.15, -0.1) is 0 Å². The monoisotopic (exact) mass is 226 g/mol. The van der Waals surface area contributed by atoms with Crippen LogP contribution < -0.4 is 5.32 Å². The van der Waals surface area contributed by atoms with Crippen molar-refractivity contribution >= 4 is 0 Å². The summed E-state index contributed by atoms with van der Waals surface area (Å²) in [6.07, 6.45) is 5.28. The van der Waals surface area contributed by atoms with Crippen LogP contribution in [-0.2, 0) is 0 Å². The number of nitrogens with zero attached hydrogens (tertiary/aromatic N) is 1. The van der Waals surface area contributed by atoms with Crippen molar-refractivity contribution in [1.82, 2.24) is 10.2 Å². The van der Waals surface area contributed by atoms with Gasteiger partial charge in [0.2, 0.25) is 0 Å². The van der Waals surface area contributed by atoms with E-state index in [1.807, 2.05) is 0 Å². The Labute approximate surface area is 102 Å². The van der Waals surface area contributed by atoms with E-state index in [0.29, 0.717) is 0 Å². The van der Waals surface area contributed by atoms with E-state index in [-0.39, 0.29) is 0 Å². The topological polar surface area (TPSA) is 15.3 Å². The van der Waals surface area contributed by atoms with Crippen LogP contribution in [0.25, 0.3) is 0 Å². The Morgan fingerprint density at radius 2 is 2.06 bits per heavy atom. The zero-order valence-electron chi connectivity index (χ0n) is 11.8. The Morgan fingerprint density at radius 1 is 1.38 bits per heavy atom. The molecule has 0 bridgehead atoms. The fourth-order valence-electron chi connectivity index (χ4n) is 2.99. The fraction of sp³-hybridized carbons (Fsp3) is 1.00. The van der Waals surface area contributed by atoms with Crippen molar-refractivity contribution < 1.29 is 0 Å². The minimum Gasteiger partial charge on any atom is -0.317 e. The van der Waals surface area contributed by atoms with E-state index in [1.54, 1.807) is 0 Å². The third kappa shape index (κ3) is 3.74. The second-order valence-corrected chi connectivity index (χ2v) is 5.69. The summed E-state index contributed by atoms with van der Waals surface area (Å²) >= 11 is 0. The lowest BCUT2D eigenvalue weighted by atomic mass is 9.93. The van der Waals surface area contributed by atoms with Crippen LogP contribution in [0.2, 0.25) is 0 Å². The van der Waals surface area contributed by atoms with Gasteiger partial charge in [-0.2, -0.15) is 0 Å². The molecule has 96 valence electrons. The van der Waals surface area contributed by atoms with Gasteiger partial charge < -0.3 is 5.32 Å². The first-order valence-corrected chi connectivity index (χ1v) is 7.01. The molecule has 16 heavy (non-hydrogen) atoms. The predicted molar refractivity (Wildman–Crippen MR) is 71.8 cm³/mol. The van der Waals surface area contributed by atoms with Crippen molar-refractivity contribution in [1.29, 1.82) is 0 Å². The Morgan fingerprint density at radius 3 is 2.56 bits per heavy atom. The number of hydrogen-bond acceptors (Lipinski definition) is 2. The quantitative estimate of drug-likeness (QED) is 0.775. The van der Waals surface area contributed by atoms with E-state index in [2.05, 4.69) is 45.0 Å². The normalized spacial score (nSPS) is 31.3. The third-order valence-electron chi connectivity index (χ3n) is 4.34. The van der Waals surface area contributed by atoms with Gasteiger partial charge in [0.1, 0.15) is 0 Å². The van der Waals surface area contributed by atoms with E-state index in [1.165, 1.54) is 32.2 Å². The number of piperidine rings is 1. The van der Waals surface area contributed by atoms with E-state index in [4.69, 9.17) is 0 Å². The molecule has 2 nitrogen and oxygen atoms in total. The van der Waals surface area contributed by atoms with Crippen LogP contribution in [0.5, 0.6) is 0 Å². The summed E-state index contributed by atoms with van der Waals surface area (Å²) in [4.78, 5) is 2.71. The standard InChI is InChI=1S/C14H30N2/c1-6-11(2)9-12(3)16-8-7-14(15-5)10-13(16)4/h11-15H,6-10H2,1-5H3. The average molecular weight is 226 g/mol. The summed E-state index contributed by atoms with van der Waals surface area (Å²) in [5.74, 6) is 0.865. The lowest BCUT2D eigenvalue weighted by molar-refractivity contribution is 0.0853. The summed E-state index contributed by atoms with van der Waals surface area (Å²) < 4.78 is 0. The molecule has 0 aromatic heterocycles. The van der Waals surface area contributed by atoms with Crippen LogP contribution in [0.15, 0.2) is 0 Å². The smallest absolute Gasteiger partial charge is 0.00910 e. The minimum atomic E-state index is 0.738. The summed E-state index contributed by atoms with van der Waals surface area (Å²) in [7, 11) is 2.09. The molecule has 0 amide bonds. The van der Waals surface area contributed by atoms with E-state index in [9.17, 15) is 0 Å². The molecular weight excluding hydrogens is 196 g/mol. The molecule has 0 saturated carbocycles. The van der Waals surface area contributed by atoms with E-state index >= 15 is 0 Å². The highest BCUT2D eigenvalue weighted by Gasteiger charge is 2.27. The molecular formula is C14H30N2. The van der Waals surface area contributed by atoms with Gasteiger partial charge in [0.05, 0.1) is 0 Å². The van der Waals surface area contributed by atoms with Crippen LogP contribution in [0.3, 0.4) is 0 Å². The van der Waals surface area contributed by atoms with Gasteiger partial charge in [-0.05, 0) is 46.1 Å². The molecule has 4 atom stereocenters. The summed E-state index contributed by atoms with van der Waals surface area (Å²) in [6, 6.07) is 2.23. The molecule has 2 heteroatoms. The van der Waals surface area contributed by atoms with Crippen LogP contribution in [0, 0.1) is 5.92 Å². The molecule has 0 aromatic rings. The van der Waals surface area contributed by atoms with Crippen LogP contribution >= 0.6 is 0 Å².